The fraction of sp³-hybridized carbons (Fsp3) is 0.545. The van der Waals surface area contributed by atoms with Crippen LogP contribution in [0.1, 0.15) is 23.3 Å². The first-order valence-corrected chi connectivity index (χ1v) is 6.33. The van der Waals surface area contributed by atoms with Gasteiger partial charge in [-0.2, -0.15) is 0 Å². The fourth-order valence-corrected chi connectivity index (χ4v) is 2.41. The van der Waals surface area contributed by atoms with Gasteiger partial charge in [-0.15, -0.1) is 11.6 Å². The van der Waals surface area contributed by atoms with Crippen LogP contribution in [-0.4, -0.2) is 39.7 Å². The number of hydrogen-bond acceptors (Lipinski definition) is 3. The molecule has 1 aromatic rings. The number of aromatic nitrogens is 1. The summed E-state index contributed by atoms with van der Waals surface area (Å²) in [4.78, 5) is 26.5. The van der Waals surface area contributed by atoms with E-state index in [-0.39, 0.29) is 17.3 Å². The van der Waals surface area contributed by atoms with Crippen molar-refractivity contribution in [3.05, 3.63) is 28.1 Å². The molecule has 2 heterocycles. The van der Waals surface area contributed by atoms with Crippen LogP contribution in [0.15, 0.2) is 12.3 Å². The van der Waals surface area contributed by atoms with Gasteiger partial charge in [-0.1, -0.05) is 0 Å². The van der Waals surface area contributed by atoms with Crippen LogP contribution in [0, 0.1) is 16.0 Å². The van der Waals surface area contributed by atoms with Gasteiger partial charge < -0.3 is 9.88 Å². The van der Waals surface area contributed by atoms with E-state index in [0.717, 1.165) is 12.8 Å². The molecule has 98 valence electrons. The third kappa shape index (κ3) is 2.64. The van der Waals surface area contributed by atoms with Gasteiger partial charge in [0.25, 0.3) is 11.6 Å². The van der Waals surface area contributed by atoms with E-state index in [4.69, 9.17) is 11.6 Å². The topological polar surface area (TPSA) is 79.2 Å². The molecule has 7 heteroatoms. The molecular formula is C11H14ClN3O3. The Hall–Kier alpha value is -1.56. The van der Waals surface area contributed by atoms with Crippen molar-refractivity contribution >= 4 is 23.2 Å². The Bertz CT molecular complexity index is 460. The molecule has 0 bridgehead atoms. The average molecular weight is 272 g/mol. The van der Waals surface area contributed by atoms with Crippen LogP contribution in [0.3, 0.4) is 0 Å². The molecule has 6 nitrogen and oxygen atoms in total. The zero-order valence-corrected chi connectivity index (χ0v) is 10.5. The van der Waals surface area contributed by atoms with Crippen molar-refractivity contribution in [2.75, 3.05) is 19.0 Å². The molecule has 0 saturated carbocycles. The summed E-state index contributed by atoms with van der Waals surface area (Å²) in [5.41, 5.74) is 0.168. The molecule has 2 rings (SSSR count). The zero-order chi connectivity index (χ0) is 13.1. The maximum absolute atomic E-state index is 12.1. The Balaban J connectivity index is 2.07. The zero-order valence-electron chi connectivity index (χ0n) is 9.76. The van der Waals surface area contributed by atoms with E-state index in [1.165, 1.54) is 12.3 Å². The maximum atomic E-state index is 12.1. The number of rotatable bonds is 3. The predicted octanol–water partition coefficient (Wildman–Crippen LogP) is 2.01. The molecule has 1 saturated heterocycles. The van der Waals surface area contributed by atoms with Crippen LogP contribution in [0.25, 0.3) is 0 Å². The molecule has 1 atom stereocenters. The van der Waals surface area contributed by atoms with Gasteiger partial charge in [-0.3, -0.25) is 14.9 Å². The Morgan fingerprint density at radius 1 is 1.67 bits per heavy atom. The summed E-state index contributed by atoms with van der Waals surface area (Å²) in [6.07, 6.45) is 3.18. The number of aromatic amines is 1. The van der Waals surface area contributed by atoms with Crippen LogP contribution >= 0.6 is 11.6 Å². The van der Waals surface area contributed by atoms with Gasteiger partial charge in [0.2, 0.25) is 0 Å². The normalized spacial score (nSPS) is 19.8. The SMILES string of the molecule is O=C(c1cc([N+](=O)[O-])c[nH]1)N1CCCC(CCl)C1. The molecule has 1 aliphatic rings. The number of carbonyl (C=O) groups excluding carboxylic acids is 1. The molecule has 1 unspecified atom stereocenters. The smallest absolute Gasteiger partial charge is 0.287 e. The fourth-order valence-electron chi connectivity index (χ4n) is 2.16. The number of nitro groups is 1. The largest absolute Gasteiger partial charge is 0.351 e. The second-order valence-electron chi connectivity index (χ2n) is 4.44. The standard InChI is InChI=1S/C11H14ClN3O3/c12-5-8-2-1-3-14(7-8)11(16)10-4-9(6-13-10)15(17)18/h4,6,8,13H,1-3,5,7H2. The van der Waals surface area contributed by atoms with Gasteiger partial charge in [0.15, 0.2) is 0 Å². The number of H-pyrrole nitrogens is 1. The number of hydrogen-bond donors (Lipinski definition) is 1. The lowest BCUT2D eigenvalue weighted by molar-refractivity contribution is -0.384. The van der Waals surface area contributed by atoms with Gasteiger partial charge in [0.1, 0.15) is 5.69 Å². The van der Waals surface area contributed by atoms with Gasteiger partial charge >= 0.3 is 0 Å². The third-order valence-corrected chi connectivity index (χ3v) is 3.57. The second kappa shape index (κ2) is 5.39. The number of halogens is 1. The number of likely N-dealkylation sites (tertiary alicyclic amines) is 1. The Labute approximate surface area is 109 Å². The lowest BCUT2D eigenvalue weighted by atomic mass is 10.00. The molecule has 1 amide bonds. The minimum absolute atomic E-state index is 0.0933. The van der Waals surface area contributed by atoms with Crippen molar-refractivity contribution in [3.63, 3.8) is 0 Å². The third-order valence-electron chi connectivity index (χ3n) is 3.13. The molecule has 0 aliphatic carbocycles. The summed E-state index contributed by atoms with van der Waals surface area (Å²) in [7, 11) is 0. The Kier molecular flexibility index (Phi) is 3.86. The van der Waals surface area contributed by atoms with Crippen LogP contribution in [0.4, 0.5) is 5.69 Å². The molecular weight excluding hydrogens is 258 g/mol. The summed E-state index contributed by atoms with van der Waals surface area (Å²) in [6.45, 7) is 1.30. The minimum atomic E-state index is -0.523. The number of nitrogens with zero attached hydrogens (tertiary/aromatic N) is 2. The van der Waals surface area contributed by atoms with E-state index in [2.05, 4.69) is 4.98 Å². The number of amides is 1. The van der Waals surface area contributed by atoms with Gasteiger partial charge in [0, 0.05) is 25.0 Å². The van der Waals surface area contributed by atoms with Crippen LogP contribution in [-0.2, 0) is 0 Å². The first-order valence-electron chi connectivity index (χ1n) is 5.80. The van der Waals surface area contributed by atoms with Gasteiger partial charge in [-0.25, -0.2) is 0 Å². The highest BCUT2D eigenvalue weighted by Crippen LogP contribution is 2.20. The van der Waals surface area contributed by atoms with Crippen molar-refractivity contribution in [2.24, 2.45) is 5.92 Å². The first kappa shape index (κ1) is 12.9. The number of alkyl halides is 1. The maximum Gasteiger partial charge on any atom is 0.287 e. The molecule has 1 aliphatic heterocycles. The van der Waals surface area contributed by atoms with E-state index in [0.29, 0.717) is 24.9 Å². The van der Waals surface area contributed by atoms with E-state index >= 15 is 0 Å². The van der Waals surface area contributed by atoms with E-state index in [1.54, 1.807) is 4.90 Å². The van der Waals surface area contributed by atoms with Crippen molar-refractivity contribution < 1.29 is 9.72 Å². The second-order valence-corrected chi connectivity index (χ2v) is 4.75. The molecule has 18 heavy (non-hydrogen) atoms. The van der Waals surface area contributed by atoms with Crippen molar-refractivity contribution in [2.45, 2.75) is 12.8 Å². The molecule has 1 fully saturated rings. The Morgan fingerprint density at radius 2 is 2.44 bits per heavy atom. The summed E-state index contributed by atoms with van der Waals surface area (Å²) >= 11 is 5.81. The van der Waals surface area contributed by atoms with Crippen molar-refractivity contribution in [1.82, 2.24) is 9.88 Å². The van der Waals surface area contributed by atoms with Crippen molar-refractivity contribution in [3.8, 4) is 0 Å². The van der Waals surface area contributed by atoms with E-state index < -0.39 is 4.92 Å². The molecule has 0 radical (unpaired) electrons. The molecule has 1 N–H and O–H groups in total. The number of carbonyl (C=O) groups is 1. The number of piperidine rings is 1. The highest BCUT2D eigenvalue weighted by molar-refractivity contribution is 6.18. The quantitative estimate of drug-likeness (QED) is 0.519. The van der Waals surface area contributed by atoms with E-state index in [1.807, 2.05) is 0 Å². The van der Waals surface area contributed by atoms with Crippen LogP contribution < -0.4 is 0 Å². The van der Waals surface area contributed by atoms with Crippen molar-refractivity contribution in [1.29, 1.82) is 0 Å². The number of nitrogens with one attached hydrogen (secondary N) is 1. The lowest BCUT2D eigenvalue weighted by Crippen LogP contribution is -2.40. The molecule has 0 spiro atoms. The van der Waals surface area contributed by atoms with Gasteiger partial charge in [-0.05, 0) is 18.8 Å². The van der Waals surface area contributed by atoms with E-state index in [9.17, 15) is 14.9 Å². The predicted molar refractivity (Wildman–Crippen MR) is 66.8 cm³/mol. The highest BCUT2D eigenvalue weighted by atomic mass is 35.5. The summed E-state index contributed by atoms with van der Waals surface area (Å²) in [5, 5.41) is 10.6. The highest BCUT2D eigenvalue weighted by Gasteiger charge is 2.25. The Morgan fingerprint density at radius 3 is 3.06 bits per heavy atom. The summed E-state index contributed by atoms with van der Waals surface area (Å²) in [5.74, 6) is 0.654. The molecule has 0 aromatic carbocycles. The lowest BCUT2D eigenvalue weighted by Gasteiger charge is -2.31. The van der Waals surface area contributed by atoms with Crippen LogP contribution in [0.5, 0.6) is 0 Å². The molecule has 1 aromatic heterocycles. The van der Waals surface area contributed by atoms with Gasteiger partial charge in [0.05, 0.1) is 11.1 Å². The summed E-state index contributed by atoms with van der Waals surface area (Å²) in [6, 6.07) is 1.27. The summed E-state index contributed by atoms with van der Waals surface area (Å²) < 4.78 is 0. The van der Waals surface area contributed by atoms with Crippen LogP contribution in [0.2, 0.25) is 0 Å². The minimum Gasteiger partial charge on any atom is -0.351 e. The average Bonchev–Trinajstić information content (AvgIpc) is 2.87. The first-order chi connectivity index (χ1) is 8.61. The monoisotopic (exact) mass is 271 g/mol.